The average molecular weight is 334 g/mol. The van der Waals surface area contributed by atoms with Gasteiger partial charge in [0.2, 0.25) is 0 Å². The van der Waals surface area contributed by atoms with E-state index in [0.717, 1.165) is 10.8 Å². The van der Waals surface area contributed by atoms with Crippen LogP contribution in [0.15, 0.2) is 22.8 Å². The molecule has 0 radical (unpaired) electrons. The number of anilines is 1. The first-order chi connectivity index (χ1) is 11.1. The third-order valence-corrected chi connectivity index (χ3v) is 4.95. The van der Waals surface area contributed by atoms with Gasteiger partial charge in [-0.25, -0.2) is 4.98 Å². The molecule has 1 saturated heterocycles. The Morgan fingerprint density at radius 2 is 1.87 bits per heavy atom. The maximum atomic E-state index is 12.6. The summed E-state index contributed by atoms with van der Waals surface area (Å²) in [7, 11) is 1.78. The number of thiazole rings is 1. The highest BCUT2D eigenvalue weighted by Gasteiger charge is 2.28. The smallest absolute Gasteiger partial charge is 0.289 e. The minimum atomic E-state index is -0.131. The molecule has 0 saturated carbocycles. The molecule has 23 heavy (non-hydrogen) atoms. The van der Waals surface area contributed by atoms with Gasteiger partial charge in [0.15, 0.2) is 10.9 Å². The number of hydrogen-bond acceptors (Lipinski definition) is 6. The number of nitrogens with one attached hydrogen (secondary N) is 1. The van der Waals surface area contributed by atoms with Gasteiger partial charge in [0.05, 0.1) is 12.0 Å². The Morgan fingerprint density at radius 3 is 2.39 bits per heavy atom. The van der Waals surface area contributed by atoms with Crippen molar-refractivity contribution in [3.8, 4) is 0 Å². The van der Waals surface area contributed by atoms with Gasteiger partial charge < -0.3 is 19.5 Å². The maximum Gasteiger partial charge on any atom is 0.289 e. The zero-order valence-electron chi connectivity index (χ0n) is 13.0. The van der Waals surface area contributed by atoms with Gasteiger partial charge in [0, 0.05) is 33.2 Å². The van der Waals surface area contributed by atoms with E-state index >= 15 is 0 Å². The van der Waals surface area contributed by atoms with Crippen LogP contribution in [0.4, 0.5) is 5.13 Å². The summed E-state index contributed by atoms with van der Waals surface area (Å²) in [5.41, 5.74) is 0.735. The summed E-state index contributed by atoms with van der Waals surface area (Å²) in [6, 6.07) is 3.35. The summed E-state index contributed by atoms with van der Waals surface area (Å²) in [5, 5.41) is 3.69. The molecule has 0 aromatic carbocycles. The molecule has 1 N–H and O–H groups in total. The van der Waals surface area contributed by atoms with Gasteiger partial charge in [-0.1, -0.05) is 11.3 Å². The minimum Gasteiger partial charge on any atom is -0.459 e. The molecular formula is C15H18N4O3S. The molecule has 3 rings (SSSR count). The predicted molar refractivity (Wildman–Crippen MR) is 86.9 cm³/mol. The molecule has 2 amide bonds. The molecule has 122 valence electrons. The first kappa shape index (κ1) is 15.5. The second kappa shape index (κ2) is 6.41. The maximum absolute atomic E-state index is 12.6. The molecule has 0 atom stereocenters. The van der Waals surface area contributed by atoms with E-state index in [1.54, 1.807) is 29.0 Å². The molecule has 1 aliphatic heterocycles. The zero-order chi connectivity index (χ0) is 16.4. The highest BCUT2D eigenvalue weighted by molar-refractivity contribution is 7.17. The van der Waals surface area contributed by atoms with E-state index in [-0.39, 0.29) is 11.8 Å². The standard InChI is InChI=1S/C15H18N4O3S/c1-10-12(23-15(16-2)17-10)14(21)19-7-5-18(6-8-19)13(20)11-4-3-9-22-11/h3-4,9H,5-8H2,1-2H3,(H,16,17). The van der Waals surface area contributed by atoms with E-state index in [4.69, 9.17) is 4.42 Å². The van der Waals surface area contributed by atoms with E-state index < -0.39 is 0 Å². The monoisotopic (exact) mass is 334 g/mol. The Balaban J connectivity index is 1.63. The quantitative estimate of drug-likeness (QED) is 0.924. The average Bonchev–Trinajstić information content (AvgIpc) is 3.23. The van der Waals surface area contributed by atoms with Crippen LogP contribution in [0.3, 0.4) is 0 Å². The number of furan rings is 1. The molecule has 7 nitrogen and oxygen atoms in total. The van der Waals surface area contributed by atoms with E-state index in [9.17, 15) is 9.59 Å². The van der Waals surface area contributed by atoms with Crippen molar-refractivity contribution in [2.24, 2.45) is 0 Å². The Hall–Kier alpha value is -2.35. The molecule has 1 aliphatic rings. The Kier molecular flexibility index (Phi) is 4.33. The van der Waals surface area contributed by atoms with Crippen molar-refractivity contribution in [3.05, 3.63) is 34.7 Å². The van der Waals surface area contributed by atoms with Gasteiger partial charge in [-0.15, -0.1) is 0 Å². The molecule has 1 fully saturated rings. The number of aryl methyl sites for hydroxylation is 1. The minimum absolute atomic E-state index is 0.0217. The van der Waals surface area contributed by atoms with Crippen molar-refractivity contribution in [2.45, 2.75) is 6.92 Å². The predicted octanol–water partition coefficient (Wildman–Crippen LogP) is 1.68. The van der Waals surface area contributed by atoms with Crippen LogP contribution in [0.2, 0.25) is 0 Å². The molecule has 0 aliphatic carbocycles. The lowest BCUT2D eigenvalue weighted by Gasteiger charge is -2.34. The van der Waals surface area contributed by atoms with Gasteiger partial charge in [0.1, 0.15) is 4.88 Å². The van der Waals surface area contributed by atoms with Gasteiger partial charge >= 0.3 is 0 Å². The van der Waals surface area contributed by atoms with Crippen LogP contribution < -0.4 is 5.32 Å². The van der Waals surface area contributed by atoms with Crippen molar-refractivity contribution < 1.29 is 14.0 Å². The number of hydrogen-bond donors (Lipinski definition) is 1. The van der Waals surface area contributed by atoms with Gasteiger partial charge in [0.25, 0.3) is 11.8 Å². The molecule has 0 bridgehead atoms. The lowest BCUT2D eigenvalue weighted by Crippen LogP contribution is -2.50. The third kappa shape index (κ3) is 3.07. The molecule has 8 heteroatoms. The van der Waals surface area contributed by atoms with Crippen molar-refractivity contribution in [1.82, 2.24) is 14.8 Å². The number of amides is 2. The van der Waals surface area contributed by atoms with Crippen molar-refractivity contribution in [1.29, 1.82) is 0 Å². The van der Waals surface area contributed by atoms with E-state index in [1.165, 1.54) is 17.6 Å². The molecular weight excluding hydrogens is 316 g/mol. The highest BCUT2D eigenvalue weighted by atomic mass is 32.1. The number of carbonyl (C=O) groups is 2. The van der Waals surface area contributed by atoms with Crippen LogP contribution in [-0.4, -0.2) is 59.8 Å². The largest absolute Gasteiger partial charge is 0.459 e. The van der Waals surface area contributed by atoms with Gasteiger partial charge in [-0.05, 0) is 19.1 Å². The summed E-state index contributed by atoms with van der Waals surface area (Å²) < 4.78 is 5.14. The summed E-state index contributed by atoms with van der Waals surface area (Å²) in [6.07, 6.45) is 1.49. The molecule has 2 aromatic heterocycles. The fourth-order valence-electron chi connectivity index (χ4n) is 2.51. The van der Waals surface area contributed by atoms with Crippen LogP contribution in [-0.2, 0) is 0 Å². The first-order valence-electron chi connectivity index (χ1n) is 7.37. The van der Waals surface area contributed by atoms with Crippen molar-refractivity contribution in [2.75, 3.05) is 38.5 Å². The Labute approximate surface area is 137 Å². The number of aromatic nitrogens is 1. The molecule has 0 spiro atoms. The second-order valence-electron chi connectivity index (χ2n) is 5.25. The van der Waals surface area contributed by atoms with Crippen LogP contribution in [0.5, 0.6) is 0 Å². The topological polar surface area (TPSA) is 78.7 Å². The number of carbonyl (C=O) groups excluding carboxylic acids is 2. The Bertz CT molecular complexity index is 702. The van der Waals surface area contributed by atoms with Gasteiger partial charge in [-0.2, -0.15) is 0 Å². The number of rotatable bonds is 3. The summed E-state index contributed by atoms with van der Waals surface area (Å²) >= 11 is 1.36. The molecule has 0 unspecified atom stereocenters. The van der Waals surface area contributed by atoms with E-state index in [1.807, 2.05) is 6.92 Å². The summed E-state index contributed by atoms with van der Waals surface area (Å²) in [6.45, 7) is 3.86. The molecule has 3 heterocycles. The molecule has 2 aromatic rings. The Morgan fingerprint density at radius 1 is 1.22 bits per heavy atom. The van der Waals surface area contributed by atoms with Crippen LogP contribution in [0.1, 0.15) is 25.9 Å². The number of piperazine rings is 1. The van der Waals surface area contributed by atoms with Crippen LogP contribution in [0, 0.1) is 6.92 Å². The normalized spacial score (nSPS) is 14.9. The van der Waals surface area contributed by atoms with Crippen LogP contribution >= 0.6 is 11.3 Å². The second-order valence-corrected chi connectivity index (χ2v) is 6.24. The fraction of sp³-hybridized carbons (Fsp3) is 0.400. The van der Waals surface area contributed by atoms with E-state index in [0.29, 0.717) is 36.8 Å². The number of nitrogens with zero attached hydrogens (tertiary/aromatic N) is 3. The van der Waals surface area contributed by atoms with E-state index in [2.05, 4.69) is 10.3 Å². The zero-order valence-corrected chi connectivity index (χ0v) is 13.9. The summed E-state index contributed by atoms with van der Waals surface area (Å²) in [5.74, 6) is 0.182. The van der Waals surface area contributed by atoms with Crippen molar-refractivity contribution in [3.63, 3.8) is 0 Å². The summed E-state index contributed by atoms with van der Waals surface area (Å²) in [4.78, 5) is 33.3. The van der Waals surface area contributed by atoms with Gasteiger partial charge in [-0.3, -0.25) is 9.59 Å². The SMILES string of the molecule is CNc1nc(C)c(C(=O)N2CCN(C(=O)c3ccco3)CC2)s1. The lowest BCUT2D eigenvalue weighted by atomic mass is 10.2. The van der Waals surface area contributed by atoms with Crippen LogP contribution in [0.25, 0.3) is 0 Å². The highest BCUT2D eigenvalue weighted by Crippen LogP contribution is 2.24. The first-order valence-corrected chi connectivity index (χ1v) is 8.19. The van der Waals surface area contributed by atoms with Crippen molar-refractivity contribution >= 4 is 28.3 Å². The third-order valence-electron chi connectivity index (χ3n) is 3.79. The lowest BCUT2D eigenvalue weighted by molar-refractivity contribution is 0.0520. The fourth-order valence-corrected chi connectivity index (χ4v) is 3.40.